The molecule has 0 radical (unpaired) electrons. The molecule has 0 fully saturated rings. The number of hydrogen-bond donors (Lipinski definition) is 1. The molecule has 5 nitrogen and oxygen atoms in total. The first-order valence-corrected chi connectivity index (χ1v) is 7.58. The summed E-state index contributed by atoms with van der Waals surface area (Å²) in [6.45, 7) is 0. The van der Waals surface area contributed by atoms with Crippen molar-refractivity contribution in [2.75, 3.05) is 12.4 Å². The lowest BCUT2D eigenvalue weighted by atomic mass is 10.1. The zero-order valence-corrected chi connectivity index (χ0v) is 13.7. The van der Waals surface area contributed by atoms with Crippen LogP contribution in [0, 0.1) is 3.57 Å². The first kappa shape index (κ1) is 14.7. The van der Waals surface area contributed by atoms with E-state index in [0.29, 0.717) is 22.4 Å². The van der Waals surface area contributed by atoms with Crippen LogP contribution in [0.3, 0.4) is 0 Å². The third kappa shape index (κ3) is 2.50. The number of carbonyl (C=O) groups is 3. The average molecular weight is 406 g/mol. The normalized spacial score (nSPS) is 13.3. The van der Waals surface area contributed by atoms with Gasteiger partial charge in [0.25, 0.3) is 17.7 Å². The Morgan fingerprint density at radius 3 is 2.50 bits per heavy atom. The van der Waals surface area contributed by atoms with Crippen LogP contribution in [0.4, 0.5) is 5.69 Å². The van der Waals surface area contributed by atoms with E-state index in [1.54, 1.807) is 30.3 Å². The maximum atomic E-state index is 12.2. The van der Waals surface area contributed by atoms with Gasteiger partial charge in [-0.2, -0.15) is 0 Å². The minimum atomic E-state index is -0.356. The first-order chi connectivity index (χ1) is 10.5. The highest BCUT2D eigenvalue weighted by atomic mass is 127. The van der Waals surface area contributed by atoms with Crippen molar-refractivity contribution in [1.82, 2.24) is 4.90 Å². The lowest BCUT2D eigenvalue weighted by Crippen LogP contribution is -2.24. The molecular formula is C16H11IN2O3. The maximum absolute atomic E-state index is 12.2. The Morgan fingerprint density at radius 2 is 1.77 bits per heavy atom. The largest absolute Gasteiger partial charge is 0.322 e. The average Bonchev–Trinajstić information content (AvgIpc) is 2.72. The molecule has 1 heterocycles. The number of imide groups is 1. The molecule has 110 valence electrons. The van der Waals surface area contributed by atoms with E-state index in [9.17, 15) is 14.4 Å². The summed E-state index contributed by atoms with van der Waals surface area (Å²) in [5, 5.41) is 2.74. The van der Waals surface area contributed by atoms with E-state index in [1.807, 2.05) is 6.07 Å². The number of benzene rings is 2. The van der Waals surface area contributed by atoms with Crippen LogP contribution in [0.25, 0.3) is 0 Å². The fraction of sp³-hybridized carbons (Fsp3) is 0.0625. The molecule has 0 unspecified atom stereocenters. The minimum Gasteiger partial charge on any atom is -0.322 e. The Hall–Kier alpha value is -2.22. The van der Waals surface area contributed by atoms with Gasteiger partial charge in [0.1, 0.15) is 0 Å². The van der Waals surface area contributed by atoms with E-state index in [1.165, 1.54) is 13.1 Å². The van der Waals surface area contributed by atoms with Gasteiger partial charge in [0.05, 0.1) is 11.1 Å². The Kier molecular flexibility index (Phi) is 3.69. The van der Waals surface area contributed by atoms with E-state index in [4.69, 9.17) is 0 Å². The van der Waals surface area contributed by atoms with Gasteiger partial charge in [0.2, 0.25) is 0 Å². The van der Waals surface area contributed by atoms with Crippen molar-refractivity contribution in [3.8, 4) is 0 Å². The fourth-order valence-electron chi connectivity index (χ4n) is 2.27. The molecule has 6 heteroatoms. The molecule has 22 heavy (non-hydrogen) atoms. The summed E-state index contributed by atoms with van der Waals surface area (Å²) in [5.41, 5.74) is 1.69. The molecule has 0 aromatic heterocycles. The van der Waals surface area contributed by atoms with E-state index in [0.717, 1.165) is 8.47 Å². The summed E-state index contributed by atoms with van der Waals surface area (Å²) < 4.78 is 0.960. The van der Waals surface area contributed by atoms with Gasteiger partial charge in [-0.15, -0.1) is 0 Å². The quantitative estimate of drug-likeness (QED) is 0.616. The second-order valence-electron chi connectivity index (χ2n) is 4.89. The Bertz CT molecular complexity index is 817. The van der Waals surface area contributed by atoms with Crippen molar-refractivity contribution in [2.24, 2.45) is 0 Å². The van der Waals surface area contributed by atoms with Crippen LogP contribution in [-0.4, -0.2) is 29.7 Å². The van der Waals surface area contributed by atoms with Crippen LogP contribution in [-0.2, 0) is 0 Å². The van der Waals surface area contributed by atoms with Crippen LogP contribution in [0.5, 0.6) is 0 Å². The van der Waals surface area contributed by atoms with Crippen molar-refractivity contribution in [2.45, 2.75) is 0 Å². The van der Waals surface area contributed by atoms with Crippen LogP contribution >= 0.6 is 22.6 Å². The smallest absolute Gasteiger partial charge is 0.261 e. The van der Waals surface area contributed by atoms with Crippen LogP contribution in [0.1, 0.15) is 31.1 Å². The van der Waals surface area contributed by atoms with Gasteiger partial charge in [-0.1, -0.05) is 6.07 Å². The van der Waals surface area contributed by atoms with Crippen LogP contribution < -0.4 is 5.32 Å². The zero-order chi connectivity index (χ0) is 15.9. The molecule has 0 saturated heterocycles. The number of rotatable bonds is 2. The third-order valence-electron chi connectivity index (χ3n) is 3.43. The minimum absolute atomic E-state index is 0.261. The SMILES string of the molecule is CN1C(=O)c2ccc(NC(=O)c3cccc(I)c3)cc2C1=O. The summed E-state index contributed by atoms with van der Waals surface area (Å²) in [6.07, 6.45) is 0. The lowest BCUT2D eigenvalue weighted by Gasteiger charge is -2.06. The Morgan fingerprint density at radius 1 is 1.05 bits per heavy atom. The predicted molar refractivity (Wildman–Crippen MR) is 90.0 cm³/mol. The van der Waals surface area contributed by atoms with Gasteiger partial charge in [-0.25, -0.2) is 0 Å². The highest BCUT2D eigenvalue weighted by Gasteiger charge is 2.32. The number of fused-ring (bicyclic) bond motifs is 1. The third-order valence-corrected chi connectivity index (χ3v) is 4.11. The number of amides is 3. The van der Waals surface area contributed by atoms with E-state index in [2.05, 4.69) is 27.9 Å². The summed E-state index contributed by atoms with van der Waals surface area (Å²) in [6, 6.07) is 11.9. The number of anilines is 1. The van der Waals surface area contributed by atoms with Crippen molar-refractivity contribution < 1.29 is 14.4 Å². The second kappa shape index (κ2) is 5.53. The molecule has 0 bridgehead atoms. The number of nitrogens with one attached hydrogen (secondary N) is 1. The van der Waals surface area contributed by atoms with Crippen molar-refractivity contribution >= 4 is 46.0 Å². The molecule has 2 aromatic carbocycles. The molecule has 0 aliphatic carbocycles. The van der Waals surface area contributed by atoms with Crippen LogP contribution in [0.2, 0.25) is 0 Å². The summed E-state index contributed by atoms with van der Waals surface area (Å²) in [7, 11) is 1.44. The molecule has 3 amide bonds. The molecule has 1 N–H and O–H groups in total. The van der Waals surface area contributed by atoms with Crippen molar-refractivity contribution in [3.63, 3.8) is 0 Å². The molecule has 2 aromatic rings. The van der Waals surface area contributed by atoms with Gasteiger partial charge in [0.15, 0.2) is 0 Å². The van der Waals surface area contributed by atoms with Gasteiger partial charge in [-0.3, -0.25) is 19.3 Å². The van der Waals surface area contributed by atoms with E-state index >= 15 is 0 Å². The van der Waals surface area contributed by atoms with E-state index < -0.39 is 0 Å². The highest BCUT2D eigenvalue weighted by molar-refractivity contribution is 14.1. The number of nitrogens with zero attached hydrogens (tertiary/aromatic N) is 1. The molecule has 0 atom stereocenters. The maximum Gasteiger partial charge on any atom is 0.261 e. The standard InChI is InChI=1S/C16H11IN2O3/c1-19-15(21)12-6-5-11(8-13(12)16(19)22)18-14(20)9-3-2-4-10(17)7-9/h2-8H,1H3,(H,18,20). The van der Waals surface area contributed by atoms with Crippen LogP contribution in [0.15, 0.2) is 42.5 Å². The van der Waals surface area contributed by atoms with Crippen molar-refractivity contribution in [3.05, 3.63) is 62.7 Å². The second-order valence-corrected chi connectivity index (χ2v) is 6.14. The summed E-state index contributed by atoms with van der Waals surface area (Å²) in [4.78, 5) is 37.0. The molecular weight excluding hydrogens is 395 g/mol. The Balaban J connectivity index is 1.88. The predicted octanol–water partition coefficient (Wildman–Crippen LogP) is 2.77. The van der Waals surface area contributed by atoms with Crippen molar-refractivity contribution in [1.29, 1.82) is 0 Å². The van der Waals surface area contributed by atoms with Gasteiger partial charge in [-0.05, 0) is 59.0 Å². The number of halogens is 1. The summed E-state index contributed by atoms with van der Waals surface area (Å²) >= 11 is 2.13. The topological polar surface area (TPSA) is 66.5 Å². The number of carbonyl (C=O) groups excluding carboxylic acids is 3. The van der Waals surface area contributed by atoms with E-state index in [-0.39, 0.29) is 17.7 Å². The van der Waals surface area contributed by atoms with Gasteiger partial charge in [0, 0.05) is 21.9 Å². The molecule has 3 rings (SSSR count). The Labute approximate surface area is 140 Å². The molecule has 1 aliphatic rings. The summed E-state index contributed by atoms with van der Waals surface area (Å²) in [5.74, 6) is -0.940. The molecule has 1 aliphatic heterocycles. The monoisotopic (exact) mass is 406 g/mol. The first-order valence-electron chi connectivity index (χ1n) is 6.51. The fourth-order valence-corrected chi connectivity index (χ4v) is 2.82. The molecule has 0 spiro atoms. The highest BCUT2D eigenvalue weighted by Crippen LogP contribution is 2.25. The lowest BCUT2D eigenvalue weighted by molar-refractivity contribution is 0.0692. The zero-order valence-electron chi connectivity index (χ0n) is 11.6. The van der Waals surface area contributed by atoms with Gasteiger partial charge >= 0.3 is 0 Å². The van der Waals surface area contributed by atoms with Gasteiger partial charge < -0.3 is 5.32 Å². The molecule has 0 saturated carbocycles. The number of hydrogen-bond acceptors (Lipinski definition) is 3.